The van der Waals surface area contributed by atoms with Crippen LogP contribution >= 0.6 is 0 Å². The summed E-state index contributed by atoms with van der Waals surface area (Å²) < 4.78 is 13.6. The van der Waals surface area contributed by atoms with Gasteiger partial charge < -0.3 is 5.73 Å². The van der Waals surface area contributed by atoms with E-state index in [9.17, 15) is 4.39 Å². The van der Waals surface area contributed by atoms with Crippen molar-refractivity contribution in [3.63, 3.8) is 0 Å². The maximum Gasteiger partial charge on any atom is 0.126 e. The number of benzene rings is 1. The zero-order valence-electron chi connectivity index (χ0n) is 8.80. The summed E-state index contributed by atoms with van der Waals surface area (Å²) in [7, 11) is 0. The lowest BCUT2D eigenvalue weighted by Crippen LogP contribution is -2.33. The predicted molar refractivity (Wildman–Crippen MR) is 58.2 cm³/mol. The van der Waals surface area contributed by atoms with Crippen molar-refractivity contribution in [3.05, 3.63) is 35.1 Å². The maximum absolute atomic E-state index is 13.6. The van der Waals surface area contributed by atoms with E-state index >= 15 is 0 Å². The first-order valence-electron chi connectivity index (χ1n) is 5.76. The van der Waals surface area contributed by atoms with E-state index in [-0.39, 0.29) is 11.2 Å². The summed E-state index contributed by atoms with van der Waals surface area (Å²) in [6.45, 7) is 0.746. The SMILES string of the molecule is NCC1CCc2c(F)cccc2C12CC2. The van der Waals surface area contributed by atoms with Crippen LogP contribution in [0.25, 0.3) is 0 Å². The molecule has 1 unspecified atom stereocenters. The van der Waals surface area contributed by atoms with Gasteiger partial charge in [-0.3, -0.25) is 0 Å². The smallest absolute Gasteiger partial charge is 0.126 e. The van der Waals surface area contributed by atoms with Gasteiger partial charge in [0, 0.05) is 0 Å². The maximum atomic E-state index is 13.6. The lowest BCUT2D eigenvalue weighted by Gasteiger charge is -2.33. The van der Waals surface area contributed by atoms with E-state index in [2.05, 4.69) is 6.07 Å². The number of hydrogen-bond acceptors (Lipinski definition) is 1. The average Bonchev–Trinajstić information content (AvgIpc) is 3.02. The molecule has 2 aliphatic rings. The van der Waals surface area contributed by atoms with E-state index in [1.54, 1.807) is 6.07 Å². The third-order valence-corrected chi connectivity index (χ3v) is 4.25. The van der Waals surface area contributed by atoms with Crippen molar-refractivity contribution in [2.45, 2.75) is 31.1 Å². The molecule has 2 heteroatoms. The zero-order valence-corrected chi connectivity index (χ0v) is 8.80. The summed E-state index contributed by atoms with van der Waals surface area (Å²) in [6, 6.07) is 5.53. The molecule has 0 radical (unpaired) electrons. The van der Waals surface area contributed by atoms with Crippen molar-refractivity contribution in [2.24, 2.45) is 11.7 Å². The van der Waals surface area contributed by atoms with Crippen LogP contribution in [0.15, 0.2) is 18.2 Å². The summed E-state index contributed by atoms with van der Waals surface area (Å²) in [5.41, 5.74) is 8.29. The van der Waals surface area contributed by atoms with Crippen LogP contribution in [0.5, 0.6) is 0 Å². The first kappa shape index (κ1) is 9.34. The lowest BCUT2D eigenvalue weighted by atomic mass is 9.72. The van der Waals surface area contributed by atoms with Gasteiger partial charge in [-0.05, 0) is 60.8 Å². The Hall–Kier alpha value is -0.890. The molecule has 0 bridgehead atoms. The van der Waals surface area contributed by atoms with Crippen molar-refractivity contribution in [1.82, 2.24) is 0 Å². The summed E-state index contributed by atoms with van der Waals surface area (Å²) in [5.74, 6) is 0.557. The van der Waals surface area contributed by atoms with Crippen LogP contribution in [0.3, 0.4) is 0 Å². The van der Waals surface area contributed by atoms with Gasteiger partial charge in [-0.1, -0.05) is 12.1 Å². The number of fused-ring (bicyclic) bond motifs is 2. The minimum atomic E-state index is -0.0192. The van der Waals surface area contributed by atoms with Gasteiger partial charge in [-0.25, -0.2) is 4.39 Å². The normalized spacial score (nSPS) is 26.4. The largest absolute Gasteiger partial charge is 0.330 e. The second-order valence-electron chi connectivity index (χ2n) is 4.89. The number of halogens is 1. The minimum Gasteiger partial charge on any atom is -0.330 e. The number of nitrogens with two attached hydrogens (primary N) is 1. The van der Waals surface area contributed by atoms with Gasteiger partial charge >= 0.3 is 0 Å². The van der Waals surface area contributed by atoms with Crippen LogP contribution < -0.4 is 5.73 Å². The Morgan fingerprint density at radius 2 is 2.20 bits per heavy atom. The molecule has 2 aliphatic carbocycles. The molecule has 0 heterocycles. The molecule has 0 aliphatic heterocycles. The summed E-state index contributed by atoms with van der Waals surface area (Å²) in [6.07, 6.45) is 4.33. The molecule has 1 aromatic rings. The molecule has 0 amide bonds. The van der Waals surface area contributed by atoms with E-state index < -0.39 is 0 Å². The fraction of sp³-hybridized carbons (Fsp3) is 0.538. The highest BCUT2D eigenvalue weighted by atomic mass is 19.1. The second-order valence-corrected chi connectivity index (χ2v) is 4.89. The van der Waals surface area contributed by atoms with Crippen LogP contribution in [0.4, 0.5) is 4.39 Å². The molecule has 1 saturated carbocycles. The van der Waals surface area contributed by atoms with Crippen LogP contribution in [0, 0.1) is 11.7 Å². The summed E-state index contributed by atoms with van der Waals surface area (Å²) >= 11 is 0. The van der Waals surface area contributed by atoms with Crippen molar-refractivity contribution in [2.75, 3.05) is 6.54 Å². The molecule has 15 heavy (non-hydrogen) atoms. The van der Waals surface area contributed by atoms with Gasteiger partial charge in [0.2, 0.25) is 0 Å². The Morgan fingerprint density at radius 1 is 1.40 bits per heavy atom. The van der Waals surface area contributed by atoms with E-state index in [1.165, 1.54) is 18.4 Å². The van der Waals surface area contributed by atoms with Crippen molar-refractivity contribution < 1.29 is 4.39 Å². The first-order valence-corrected chi connectivity index (χ1v) is 5.76. The van der Waals surface area contributed by atoms with Crippen LogP contribution in [-0.2, 0) is 11.8 Å². The minimum absolute atomic E-state index is 0.0192. The van der Waals surface area contributed by atoms with Gasteiger partial charge in [0.05, 0.1) is 0 Å². The average molecular weight is 205 g/mol. The molecule has 1 atom stereocenters. The Bertz CT molecular complexity index is 396. The first-order chi connectivity index (χ1) is 7.28. The van der Waals surface area contributed by atoms with Gasteiger partial charge in [0.15, 0.2) is 0 Å². The lowest BCUT2D eigenvalue weighted by molar-refractivity contribution is 0.355. The standard InChI is InChI=1S/C13H16FN/c14-12-3-1-2-11-10(12)5-4-9(8-15)13(11)6-7-13/h1-3,9H,4-8,15H2. The highest BCUT2D eigenvalue weighted by molar-refractivity contribution is 5.42. The number of hydrogen-bond donors (Lipinski definition) is 1. The Kier molecular flexibility index (Phi) is 1.90. The van der Waals surface area contributed by atoms with Crippen LogP contribution in [0.2, 0.25) is 0 Å². The fourth-order valence-corrected chi connectivity index (χ4v) is 3.25. The van der Waals surface area contributed by atoms with Gasteiger partial charge in [-0.2, -0.15) is 0 Å². The fourth-order valence-electron chi connectivity index (χ4n) is 3.25. The summed E-state index contributed by atoms with van der Waals surface area (Å²) in [5, 5.41) is 0. The molecule has 2 N–H and O–H groups in total. The third-order valence-electron chi connectivity index (χ3n) is 4.25. The quantitative estimate of drug-likeness (QED) is 0.748. The molecule has 1 nitrogen and oxygen atoms in total. The monoisotopic (exact) mass is 205 g/mol. The Labute approximate surface area is 89.5 Å². The van der Waals surface area contributed by atoms with Gasteiger partial charge in [0.25, 0.3) is 0 Å². The van der Waals surface area contributed by atoms with E-state index in [4.69, 9.17) is 5.73 Å². The summed E-state index contributed by atoms with van der Waals surface area (Å²) in [4.78, 5) is 0. The van der Waals surface area contributed by atoms with Crippen molar-refractivity contribution in [1.29, 1.82) is 0 Å². The van der Waals surface area contributed by atoms with Gasteiger partial charge in [0.1, 0.15) is 5.82 Å². The molecular weight excluding hydrogens is 189 g/mol. The predicted octanol–water partition coefficient (Wildman–Crippen LogP) is 2.38. The van der Waals surface area contributed by atoms with Crippen LogP contribution in [-0.4, -0.2) is 6.54 Å². The highest BCUT2D eigenvalue weighted by Gasteiger charge is 2.52. The molecule has 3 rings (SSSR count). The van der Waals surface area contributed by atoms with Crippen LogP contribution in [0.1, 0.15) is 30.4 Å². The third kappa shape index (κ3) is 1.18. The van der Waals surface area contributed by atoms with Crippen molar-refractivity contribution in [3.8, 4) is 0 Å². The molecule has 80 valence electrons. The zero-order chi connectivity index (χ0) is 10.5. The second kappa shape index (κ2) is 3.05. The molecule has 0 saturated heterocycles. The van der Waals surface area contributed by atoms with E-state index in [1.807, 2.05) is 6.07 Å². The van der Waals surface area contributed by atoms with Crippen molar-refractivity contribution >= 4 is 0 Å². The van der Waals surface area contributed by atoms with Gasteiger partial charge in [-0.15, -0.1) is 0 Å². The molecule has 1 spiro atoms. The van der Waals surface area contributed by atoms with E-state index in [0.29, 0.717) is 5.92 Å². The topological polar surface area (TPSA) is 26.0 Å². The van der Waals surface area contributed by atoms with E-state index in [0.717, 1.165) is 24.9 Å². The Balaban J connectivity index is 2.12. The molecule has 0 aromatic heterocycles. The highest BCUT2D eigenvalue weighted by Crippen LogP contribution is 2.58. The molecular formula is C13H16FN. The number of rotatable bonds is 1. The molecule has 1 fully saturated rings. The molecule has 1 aromatic carbocycles. The Morgan fingerprint density at radius 3 is 2.87 bits per heavy atom.